The van der Waals surface area contributed by atoms with E-state index in [1.54, 1.807) is 0 Å². The minimum Gasteiger partial charge on any atom is -0.398 e. The first-order chi connectivity index (χ1) is 11.3. The molecule has 1 aromatic carbocycles. The van der Waals surface area contributed by atoms with Gasteiger partial charge < -0.3 is 14.0 Å². The molecular weight excluding hydrogens is 306 g/mol. The van der Waals surface area contributed by atoms with E-state index >= 15 is 4.39 Å². The average Bonchev–Trinajstić information content (AvgIpc) is 2.76. The molecule has 5 heteroatoms. The first-order valence-corrected chi connectivity index (χ1v) is 8.09. The largest absolute Gasteiger partial charge is 0.525 e. The summed E-state index contributed by atoms with van der Waals surface area (Å²) in [5.41, 5.74) is -0.280. The van der Waals surface area contributed by atoms with Gasteiger partial charge in [-0.2, -0.15) is 0 Å². The Bertz CT molecular complexity index is 616. The minimum absolute atomic E-state index is 0.209. The Labute approximate surface area is 144 Å². The first-order valence-electron chi connectivity index (χ1n) is 8.09. The SMILES string of the molecule is C#CCOCCC(=C(F)B1OC(C)(C)C(C)(C)O1)c1ccccc1. The van der Waals surface area contributed by atoms with E-state index in [-0.39, 0.29) is 6.61 Å². The number of benzene rings is 1. The van der Waals surface area contributed by atoms with Crippen molar-refractivity contribution < 1.29 is 18.4 Å². The van der Waals surface area contributed by atoms with Crippen LogP contribution in [-0.4, -0.2) is 31.5 Å². The predicted octanol–water partition coefficient (Wildman–Crippen LogP) is 4.04. The third kappa shape index (κ3) is 4.07. The minimum atomic E-state index is -1.02. The zero-order valence-electron chi connectivity index (χ0n) is 14.8. The zero-order valence-corrected chi connectivity index (χ0v) is 14.8. The summed E-state index contributed by atoms with van der Waals surface area (Å²) in [4.78, 5) is 0. The number of hydrogen-bond acceptors (Lipinski definition) is 3. The molecule has 0 unspecified atom stereocenters. The van der Waals surface area contributed by atoms with E-state index in [0.717, 1.165) is 5.56 Å². The molecule has 1 aliphatic rings. The molecule has 1 saturated heterocycles. The summed E-state index contributed by atoms with van der Waals surface area (Å²) < 4.78 is 32.2. The van der Waals surface area contributed by atoms with Crippen LogP contribution < -0.4 is 0 Å². The van der Waals surface area contributed by atoms with Gasteiger partial charge in [0, 0.05) is 0 Å². The van der Waals surface area contributed by atoms with Crippen LogP contribution in [0.15, 0.2) is 36.1 Å². The molecule has 0 bridgehead atoms. The van der Waals surface area contributed by atoms with E-state index in [0.29, 0.717) is 18.6 Å². The average molecular weight is 330 g/mol. The Kier molecular flexibility index (Phi) is 5.87. The van der Waals surface area contributed by atoms with Gasteiger partial charge in [0.05, 0.1) is 17.8 Å². The van der Waals surface area contributed by atoms with Crippen molar-refractivity contribution in [2.75, 3.05) is 13.2 Å². The Balaban J connectivity index is 2.28. The molecule has 0 radical (unpaired) electrons. The lowest BCUT2D eigenvalue weighted by Gasteiger charge is -2.32. The number of terminal acetylenes is 1. The Morgan fingerprint density at radius 3 is 2.29 bits per heavy atom. The fourth-order valence-electron chi connectivity index (χ4n) is 2.44. The van der Waals surface area contributed by atoms with Gasteiger partial charge in [0.1, 0.15) is 12.3 Å². The molecule has 0 amide bonds. The molecule has 0 spiro atoms. The van der Waals surface area contributed by atoms with Crippen LogP contribution >= 0.6 is 0 Å². The van der Waals surface area contributed by atoms with Gasteiger partial charge in [-0.15, -0.1) is 6.42 Å². The second-order valence-corrected chi connectivity index (χ2v) is 6.79. The number of halogens is 1. The Morgan fingerprint density at radius 1 is 1.17 bits per heavy atom. The summed E-state index contributed by atoms with van der Waals surface area (Å²) in [5, 5.41) is 0. The van der Waals surface area contributed by atoms with Crippen molar-refractivity contribution >= 4 is 12.7 Å². The molecule has 0 atom stereocenters. The summed E-state index contributed by atoms with van der Waals surface area (Å²) in [7, 11) is -1.02. The number of ether oxygens (including phenoxy) is 1. The second kappa shape index (κ2) is 7.52. The lowest BCUT2D eigenvalue weighted by molar-refractivity contribution is 0.00578. The summed E-state index contributed by atoms with van der Waals surface area (Å²) in [6.07, 6.45) is 5.56. The highest BCUT2D eigenvalue weighted by Crippen LogP contribution is 2.40. The van der Waals surface area contributed by atoms with Gasteiger partial charge in [0.15, 0.2) is 0 Å². The van der Waals surface area contributed by atoms with Crippen LogP contribution in [0.5, 0.6) is 0 Å². The van der Waals surface area contributed by atoms with Crippen LogP contribution in [0.25, 0.3) is 5.57 Å². The number of rotatable bonds is 6. The monoisotopic (exact) mass is 330 g/mol. The van der Waals surface area contributed by atoms with Gasteiger partial charge in [-0.05, 0) is 45.3 Å². The van der Waals surface area contributed by atoms with Gasteiger partial charge in [-0.25, -0.2) is 4.39 Å². The van der Waals surface area contributed by atoms with Crippen LogP contribution in [0.1, 0.15) is 39.7 Å². The van der Waals surface area contributed by atoms with Crippen LogP contribution in [0, 0.1) is 12.3 Å². The number of hydrogen-bond donors (Lipinski definition) is 0. The van der Waals surface area contributed by atoms with Gasteiger partial charge in [-0.1, -0.05) is 36.3 Å². The standard InChI is InChI=1S/C19H24BFO3/c1-6-13-22-14-12-16(15-10-8-7-9-11-15)17(21)20-23-18(2,3)19(4,5)24-20/h1,7-11H,12-14H2,2-5H3. The van der Waals surface area contributed by atoms with Crippen LogP contribution in [0.3, 0.4) is 0 Å². The van der Waals surface area contributed by atoms with Crippen molar-refractivity contribution in [3.63, 3.8) is 0 Å². The van der Waals surface area contributed by atoms with Crippen LogP contribution in [0.4, 0.5) is 4.39 Å². The fourth-order valence-corrected chi connectivity index (χ4v) is 2.44. The van der Waals surface area contributed by atoms with Gasteiger partial charge in [0.25, 0.3) is 0 Å². The zero-order chi connectivity index (χ0) is 17.8. The molecule has 0 saturated carbocycles. The summed E-state index contributed by atoms with van der Waals surface area (Å²) >= 11 is 0. The molecule has 0 N–H and O–H groups in total. The van der Waals surface area contributed by atoms with E-state index < -0.39 is 24.0 Å². The van der Waals surface area contributed by atoms with Crippen molar-refractivity contribution in [3.05, 3.63) is 41.6 Å². The molecular formula is C19H24BFO3. The lowest BCUT2D eigenvalue weighted by atomic mass is 9.82. The van der Waals surface area contributed by atoms with Crippen molar-refractivity contribution in [3.8, 4) is 12.3 Å². The Morgan fingerprint density at radius 2 is 1.75 bits per heavy atom. The summed E-state index contributed by atoms with van der Waals surface area (Å²) in [6, 6.07) is 9.36. The van der Waals surface area contributed by atoms with Crippen molar-refractivity contribution in [2.24, 2.45) is 0 Å². The normalized spacial score (nSPS) is 19.8. The van der Waals surface area contributed by atoms with E-state index in [9.17, 15) is 0 Å². The molecule has 2 rings (SSSR count). The van der Waals surface area contributed by atoms with Gasteiger partial charge in [-0.3, -0.25) is 0 Å². The fraction of sp³-hybridized carbons (Fsp3) is 0.474. The highest BCUT2D eigenvalue weighted by Gasteiger charge is 2.53. The van der Waals surface area contributed by atoms with E-state index in [1.807, 2.05) is 58.0 Å². The third-order valence-corrected chi connectivity index (χ3v) is 4.55. The van der Waals surface area contributed by atoms with E-state index in [2.05, 4.69) is 5.92 Å². The molecule has 128 valence electrons. The molecule has 1 aromatic rings. The highest BCUT2D eigenvalue weighted by molar-refractivity contribution is 6.55. The maximum absolute atomic E-state index is 15.2. The molecule has 0 aromatic heterocycles. The van der Waals surface area contributed by atoms with Crippen LogP contribution in [-0.2, 0) is 14.0 Å². The maximum Gasteiger partial charge on any atom is 0.525 e. The highest BCUT2D eigenvalue weighted by atomic mass is 19.1. The molecule has 0 aliphatic carbocycles. The quantitative estimate of drug-likeness (QED) is 0.448. The molecule has 1 aliphatic heterocycles. The third-order valence-electron chi connectivity index (χ3n) is 4.55. The summed E-state index contributed by atoms with van der Waals surface area (Å²) in [5.74, 6) is 2.41. The Hall–Kier alpha value is -1.61. The van der Waals surface area contributed by atoms with Crippen molar-refractivity contribution in [2.45, 2.75) is 45.3 Å². The van der Waals surface area contributed by atoms with E-state index in [1.165, 1.54) is 0 Å². The molecule has 24 heavy (non-hydrogen) atoms. The molecule has 1 fully saturated rings. The second-order valence-electron chi connectivity index (χ2n) is 6.79. The molecule has 3 nitrogen and oxygen atoms in total. The van der Waals surface area contributed by atoms with Crippen molar-refractivity contribution in [1.82, 2.24) is 0 Å². The maximum atomic E-state index is 15.2. The van der Waals surface area contributed by atoms with E-state index in [4.69, 9.17) is 20.5 Å². The first kappa shape index (κ1) is 18.7. The van der Waals surface area contributed by atoms with Gasteiger partial charge >= 0.3 is 7.12 Å². The topological polar surface area (TPSA) is 27.7 Å². The van der Waals surface area contributed by atoms with Crippen molar-refractivity contribution in [1.29, 1.82) is 0 Å². The summed E-state index contributed by atoms with van der Waals surface area (Å²) in [6.45, 7) is 8.15. The molecule has 1 heterocycles. The van der Waals surface area contributed by atoms with Crippen LogP contribution in [0.2, 0.25) is 0 Å². The lowest BCUT2D eigenvalue weighted by Crippen LogP contribution is -2.41. The smallest absolute Gasteiger partial charge is 0.398 e. The predicted molar refractivity (Wildman–Crippen MR) is 94.8 cm³/mol. The van der Waals surface area contributed by atoms with Gasteiger partial charge in [0.2, 0.25) is 0 Å².